The quantitative estimate of drug-likeness (QED) is 0.643. The summed E-state index contributed by atoms with van der Waals surface area (Å²) in [6, 6.07) is 10.7. The van der Waals surface area contributed by atoms with Crippen LogP contribution in [0, 0.1) is 6.92 Å². The van der Waals surface area contributed by atoms with Gasteiger partial charge in [-0.15, -0.1) is 0 Å². The van der Waals surface area contributed by atoms with E-state index in [0.29, 0.717) is 6.54 Å². The molecule has 0 aliphatic heterocycles. The van der Waals surface area contributed by atoms with Gasteiger partial charge in [0.05, 0.1) is 5.52 Å². The molecule has 21 heavy (non-hydrogen) atoms. The highest BCUT2D eigenvalue weighted by Crippen LogP contribution is 2.26. The van der Waals surface area contributed by atoms with Gasteiger partial charge in [0.1, 0.15) is 12.1 Å². The number of nitrogens with zero attached hydrogens (tertiary/aromatic N) is 2. The first-order valence-electron chi connectivity index (χ1n) is 6.60. The monoisotopic (exact) mass is 281 g/mol. The second-order valence-corrected chi connectivity index (χ2v) is 4.87. The number of phenols is 2. The van der Waals surface area contributed by atoms with Crippen LogP contribution in [0.15, 0.2) is 42.7 Å². The molecule has 0 spiro atoms. The minimum Gasteiger partial charge on any atom is -0.504 e. The summed E-state index contributed by atoms with van der Waals surface area (Å²) in [7, 11) is 0. The lowest BCUT2D eigenvalue weighted by Gasteiger charge is -2.10. The Morgan fingerprint density at radius 2 is 1.90 bits per heavy atom. The second-order valence-electron chi connectivity index (χ2n) is 4.87. The summed E-state index contributed by atoms with van der Waals surface area (Å²) in [5, 5.41) is 23.0. The number of hydrogen-bond acceptors (Lipinski definition) is 5. The zero-order valence-corrected chi connectivity index (χ0v) is 11.5. The number of hydrogen-bond donors (Lipinski definition) is 3. The fourth-order valence-electron chi connectivity index (χ4n) is 2.24. The average molecular weight is 281 g/mol. The molecule has 0 unspecified atom stereocenters. The molecule has 0 fully saturated rings. The van der Waals surface area contributed by atoms with E-state index >= 15 is 0 Å². The summed E-state index contributed by atoms with van der Waals surface area (Å²) >= 11 is 0. The number of nitrogens with one attached hydrogen (secondary N) is 1. The van der Waals surface area contributed by atoms with Crippen molar-refractivity contribution in [3.05, 3.63) is 53.9 Å². The van der Waals surface area contributed by atoms with Crippen molar-refractivity contribution in [1.29, 1.82) is 0 Å². The Balaban J connectivity index is 1.88. The van der Waals surface area contributed by atoms with E-state index in [-0.39, 0.29) is 11.5 Å². The summed E-state index contributed by atoms with van der Waals surface area (Å²) in [4.78, 5) is 8.57. The van der Waals surface area contributed by atoms with E-state index in [9.17, 15) is 10.2 Å². The molecule has 0 atom stereocenters. The normalized spacial score (nSPS) is 10.7. The molecule has 2 aromatic carbocycles. The van der Waals surface area contributed by atoms with E-state index < -0.39 is 0 Å². The minimum atomic E-state index is -0.127. The van der Waals surface area contributed by atoms with Crippen LogP contribution in [0.25, 0.3) is 10.9 Å². The zero-order chi connectivity index (χ0) is 14.8. The molecular weight excluding hydrogens is 266 g/mol. The predicted octanol–water partition coefficient (Wildman–Crippen LogP) is 2.96. The van der Waals surface area contributed by atoms with Crippen LogP contribution >= 0.6 is 0 Å². The molecule has 0 amide bonds. The number of fused-ring (bicyclic) bond motifs is 1. The van der Waals surface area contributed by atoms with Crippen LogP contribution in [0.5, 0.6) is 11.5 Å². The van der Waals surface area contributed by atoms with Crippen molar-refractivity contribution in [1.82, 2.24) is 9.97 Å². The van der Waals surface area contributed by atoms with E-state index in [0.717, 1.165) is 27.8 Å². The highest BCUT2D eigenvalue weighted by molar-refractivity contribution is 5.90. The predicted molar refractivity (Wildman–Crippen MR) is 81.4 cm³/mol. The maximum absolute atomic E-state index is 9.50. The molecular formula is C16H15N3O2. The molecule has 1 aromatic heterocycles. The summed E-state index contributed by atoms with van der Waals surface area (Å²) in [6.07, 6.45) is 1.53. The van der Waals surface area contributed by atoms with Gasteiger partial charge in [-0.1, -0.05) is 18.2 Å². The maximum Gasteiger partial charge on any atom is 0.157 e. The number of aromatic nitrogens is 2. The first-order valence-corrected chi connectivity index (χ1v) is 6.60. The van der Waals surface area contributed by atoms with Crippen molar-refractivity contribution in [2.24, 2.45) is 0 Å². The van der Waals surface area contributed by atoms with Gasteiger partial charge in [0.25, 0.3) is 0 Å². The Kier molecular flexibility index (Phi) is 3.31. The molecule has 0 aliphatic rings. The Morgan fingerprint density at radius 3 is 2.71 bits per heavy atom. The van der Waals surface area contributed by atoms with Gasteiger partial charge in [-0.25, -0.2) is 9.97 Å². The number of aromatic hydroxyl groups is 2. The Morgan fingerprint density at radius 1 is 1.05 bits per heavy atom. The van der Waals surface area contributed by atoms with Gasteiger partial charge in [-0.05, 0) is 36.2 Å². The molecule has 0 radical (unpaired) electrons. The standard InChI is InChI=1S/C16H15N3O2/c1-10-3-2-4-12-15(10)18-9-19-16(12)17-8-11-5-6-13(20)14(21)7-11/h2-7,9,20-21H,8H2,1H3,(H,17,18,19). The van der Waals surface area contributed by atoms with Crippen molar-refractivity contribution < 1.29 is 10.2 Å². The van der Waals surface area contributed by atoms with Gasteiger partial charge in [0.2, 0.25) is 0 Å². The molecule has 0 aliphatic carbocycles. The summed E-state index contributed by atoms with van der Waals surface area (Å²) in [5.41, 5.74) is 2.87. The molecule has 1 heterocycles. The first kappa shape index (κ1) is 13.2. The Bertz CT molecular complexity index is 803. The van der Waals surface area contributed by atoms with Gasteiger partial charge in [-0.2, -0.15) is 0 Å². The van der Waals surface area contributed by atoms with Gasteiger partial charge >= 0.3 is 0 Å². The smallest absolute Gasteiger partial charge is 0.157 e. The molecule has 106 valence electrons. The molecule has 5 heteroatoms. The fraction of sp³-hybridized carbons (Fsp3) is 0.125. The van der Waals surface area contributed by atoms with Gasteiger partial charge in [0, 0.05) is 11.9 Å². The van der Waals surface area contributed by atoms with Crippen LogP contribution in [0.2, 0.25) is 0 Å². The van der Waals surface area contributed by atoms with E-state index in [4.69, 9.17) is 0 Å². The highest BCUT2D eigenvalue weighted by Gasteiger charge is 2.06. The lowest BCUT2D eigenvalue weighted by atomic mass is 10.1. The number of phenolic OH excluding ortho intramolecular Hbond substituents is 2. The maximum atomic E-state index is 9.50. The minimum absolute atomic E-state index is 0.123. The van der Waals surface area contributed by atoms with Gasteiger partial charge < -0.3 is 15.5 Å². The summed E-state index contributed by atoms with van der Waals surface area (Å²) in [6.45, 7) is 2.50. The number of rotatable bonds is 3. The Labute approximate surface area is 121 Å². The molecule has 0 saturated carbocycles. The molecule has 0 bridgehead atoms. The summed E-state index contributed by atoms with van der Waals surface area (Å²) in [5.74, 6) is 0.496. The second kappa shape index (κ2) is 5.28. The van der Waals surface area contributed by atoms with E-state index in [2.05, 4.69) is 15.3 Å². The van der Waals surface area contributed by atoms with Crippen molar-refractivity contribution in [3.63, 3.8) is 0 Å². The molecule has 3 aromatic rings. The Hall–Kier alpha value is -2.82. The van der Waals surface area contributed by atoms with E-state index in [1.54, 1.807) is 6.07 Å². The molecule has 3 rings (SSSR count). The third-order valence-electron chi connectivity index (χ3n) is 3.37. The third-order valence-corrected chi connectivity index (χ3v) is 3.37. The van der Waals surface area contributed by atoms with E-state index in [1.165, 1.54) is 18.5 Å². The van der Waals surface area contributed by atoms with Crippen LogP contribution in [0.4, 0.5) is 5.82 Å². The highest BCUT2D eigenvalue weighted by atomic mass is 16.3. The van der Waals surface area contributed by atoms with Crippen LogP contribution in [-0.4, -0.2) is 20.2 Å². The summed E-state index contributed by atoms with van der Waals surface area (Å²) < 4.78 is 0. The van der Waals surface area contributed by atoms with Gasteiger partial charge in [0.15, 0.2) is 11.5 Å². The van der Waals surface area contributed by atoms with Crippen LogP contribution in [-0.2, 0) is 6.54 Å². The van der Waals surface area contributed by atoms with Crippen molar-refractivity contribution in [2.75, 3.05) is 5.32 Å². The lowest BCUT2D eigenvalue weighted by molar-refractivity contribution is 0.403. The molecule has 5 nitrogen and oxygen atoms in total. The average Bonchev–Trinajstić information content (AvgIpc) is 2.49. The molecule has 3 N–H and O–H groups in total. The SMILES string of the molecule is Cc1cccc2c(NCc3ccc(O)c(O)c3)ncnc12. The third kappa shape index (κ3) is 2.58. The lowest BCUT2D eigenvalue weighted by Crippen LogP contribution is -2.02. The number of aryl methyl sites for hydroxylation is 1. The van der Waals surface area contributed by atoms with Crippen molar-refractivity contribution in [3.8, 4) is 11.5 Å². The largest absolute Gasteiger partial charge is 0.504 e. The number of benzene rings is 2. The van der Waals surface area contributed by atoms with Crippen LogP contribution in [0.1, 0.15) is 11.1 Å². The number of anilines is 1. The van der Waals surface area contributed by atoms with E-state index in [1.807, 2.05) is 25.1 Å². The number of para-hydroxylation sites is 1. The fourth-order valence-corrected chi connectivity index (χ4v) is 2.24. The van der Waals surface area contributed by atoms with Crippen LogP contribution in [0.3, 0.4) is 0 Å². The van der Waals surface area contributed by atoms with Crippen molar-refractivity contribution in [2.45, 2.75) is 13.5 Å². The zero-order valence-electron chi connectivity index (χ0n) is 11.5. The van der Waals surface area contributed by atoms with Crippen LogP contribution < -0.4 is 5.32 Å². The molecule has 0 saturated heterocycles. The van der Waals surface area contributed by atoms with Crippen molar-refractivity contribution >= 4 is 16.7 Å². The first-order chi connectivity index (χ1) is 10.1. The van der Waals surface area contributed by atoms with Gasteiger partial charge in [-0.3, -0.25) is 0 Å². The topological polar surface area (TPSA) is 78.3 Å².